The summed E-state index contributed by atoms with van der Waals surface area (Å²) >= 11 is 0. The first-order valence-electron chi connectivity index (χ1n) is 4.16. The summed E-state index contributed by atoms with van der Waals surface area (Å²) in [5.74, 6) is 0. The van der Waals surface area contributed by atoms with E-state index in [1.54, 1.807) is 0 Å². The maximum atomic E-state index is 4.02. The molecule has 0 heterocycles. The van der Waals surface area contributed by atoms with E-state index in [1.807, 2.05) is 6.21 Å². The Bertz CT molecular complexity index is 79.3. The number of nitrogens with zero attached hydrogens (tertiary/aromatic N) is 1. The number of hydrazone groups is 1. The molecule has 0 aromatic carbocycles. The maximum absolute atomic E-state index is 4.02. The van der Waals surface area contributed by atoms with Gasteiger partial charge in [0.15, 0.2) is 0 Å². The summed E-state index contributed by atoms with van der Waals surface area (Å²) in [5.41, 5.74) is 2.99. The molecule has 0 aromatic rings. The minimum atomic E-state index is 1.01. The van der Waals surface area contributed by atoms with Crippen LogP contribution < -0.4 is 5.43 Å². The van der Waals surface area contributed by atoms with Crippen LogP contribution in [0.15, 0.2) is 5.10 Å². The Hall–Kier alpha value is -0.530. The van der Waals surface area contributed by atoms with Crippen LogP contribution in [0.4, 0.5) is 0 Å². The molecule has 0 saturated carbocycles. The van der Waals surface area contributed by atoms with Gasteiger partial charge in [-0.2, -0.15) is 5.10 Å². The van der Waals surface area contributed by atoms with Gasteiger partial charge in [-0.25, -0.2) is 0 Å². The molecule has 0 rings (SSSR count). The Morgan fingerprint density at radius 3 is 2.70 bits per heavy atom. The van der Waals surface area contributed by atoms with Crippen LogP contribution in [0.5, 0.6) is 0 Å². The predicted octanol–water partition coefficient (Wildman–Crippen LogP) is 2.16. The van der Waals surface area contributed by atoms with Crippen LogP contribution in [0.25, 0.3) is 0 Å². The number of unbranched alkanes of at least 4 members (excludes halogenated alkanes) is 2. The van der Waals surface area contributed by atoms with Crippen LogP contribution in [0.1, 0.15) is 39.5 Å². The second kappa shape index (κ2) is 8.47. The molecule has 0 amide bonds. The quantitative estimate of drug-likeness (QED) is 0.343. The number of hydrogen-bond donors (Lipinski definition) is 1. The monoisotopic (exact) mass is 142 g/mol. The molecule has 0 radical (unpaired) electrons. The van der Waals surface area contributed by atoms with Gasteiger partial charge in [-0.15, -0.1) is 0 Å². The molecular weight excluding hydrogens is 124 g/mol. The smallest absolute Gasteiger partial charge is 0.0329 e. The molecule has 0 bridgehead atoms. The number of rotatable bonds is 6. The van der Waals surface area contributed by atoms with E-state index in [0.29, 0.717) is 0 Å². The number of nitrogens with one attached hydrogen (secondary N) is 1. The molecule has 1 N–H and O–H groups in total. The van der Waals surface area contributed by atoms with Gasteiger partial charge in [0, 0.05) is 12.8 Å². The van der Waals surface area contributed by atoms with Crippen molar-refractivity contribution in [2.45, 2.75) is 39.5 Å². The van der Waals surface area contributed by atoms with Crippen LogP contribution in [0.3, 0.4) is 0 Å². The SMILES string of the molecule is CCC/C=N/NCCCC. The predicted molar refractivity (Wildman–Crippen MR) is 46.3 cm³/mol. The van der Waals surface area contributed by atoms with E-state index in [1.165, 1.54) is 19.3 Å². The minimum absolute atomic E-state index is 1.01. The zero-order valence-corrected chi connectivity index (χ0v) is 7.06. The van der Waals surface area contributed by atoms with E-state index in [4.69, 9.17) is 0 Å². The Morgan fingerprint density at radius 2 is 2.10 bits per heavy atom. The van der Waals surface area contributed by atoms with E-state index < -0.39 is 0 Å². The second-order valence-electron chi connectivity index (χ2n) is 2.36. The first kappa shape index (κ1) is 9.47. The molecule has 0 spiro atoms. The molecule has 2 nitrogen and oxygen atoms in total. The van der Waals surface area contributed by atoms with Gasteiger partial charge in [0.25, 0.3) is 0 Å². The average Bonchev–Trinajstić information content (AvgIpc) is 1.97. The summed E-state index contributed by atoms with van der Waals surface area (Å²) in [6.45, 7) is 5.34. The summed E-state index contributed by atoms with van der Waals surface area (Å²) in [5, 5.41) is 4.02. The van der Waals surface area contributed by atoms with Crippen molar-refractivity contribution in [2.75, 3.05) is 6.54 Å². The Kier molecular flexibility index (Phi) is 8.02. The molecule has 0 atom stereocenters. The zero-order valence-electron chi connectivity index (χ0n) is 7.06. The third-order valence-corrected chi connectivity index (χ3v) is 1.24. The van der Waals surface area contributed by atoms with Crippen LogP contribution in [-0.2, 0) is 0 Å². The molecule has 0 unspecified atom stereocenters. The standard InChI is InChI=1S/C8H18N2/c1-3-5-7-9-10-8-6-4-2/h7,10H,3-6,8H2,1-2H3/b9-7+. The highest BCUT2D eigenvalue weighted by Gasteiger charge is 1.78. The minimum Gasteiger partial charge on any atom is -0.310 e. The lowest BCUT2D eigenvalue weighted by atomic mass is 10.3. The lowest BCUT2D eigenvalue weighted by Gasteiger charge is -1.95. The molecule has 2 heteroatoms. The van der Waals surface area contributed by atoms with E-state index in [9.17, 15) is 0 Å². The fourth-order valence-electron chi connectivity index (χ4n) is 0.579. The molecule has 0 fully saturated rings. The third kappa shape index (κ3) is 7.47. The fourth-order valence-corrected chi connectivity index (χ4v) is 0.579. The van der Waals surface area contributed by atoms with E-state index in [0.717, 1.165) is 13.0 Å². The molecule has 0 saturated heterocycles. The molecule has 0 aliphatic rings. The van der Waals surface area contributed by atoms with Crippen molar-refractivity contribution in [3.05, 3.63) is 0 Å². The van der Waals surface area contributed by atoms with Gasteiger partial charge < -0.3 is 5.43 Å². The Labute approximate surface area is 63.7 Å². The highest BCUT2D eigenvalue weighted by atomic mass is 15.3. The largest absolute Gasteiger partial charge is 0.310 e. The van der Waals surface area contributed by atoms with E-state index in [2.05, 4.69) is 24.4 Å². The van der Waals surface area contributed by atoms with Gasteiger partial charge in [-0.05, 0) is 12.8 Å². The van der Waals surface area contributed by atoms with Gasteiger partial charge >= 0.3 is 0 Å². The van der Waals surface area contributed by atoms with Crippen molar-refractivity contribution in [1.29, 1.82) is 0 Å². The van der Waals surface area contributed by atoms with Gasteiger partial charge in [0.2, 0.25) is 0 Å². The van der Waals surface area contributed by atoms with Crippen molar-refractivity contribution in [3.8, 4) is 0 Å². The van der Waals surface area contributed by atoms with Gasteiger partial charge in [0.1, 0.15) is 0 Å². The first-order valence-corrected chi connectivity index (χ1v) is 4.16. The molecule has 60 valence electrons. The van der Waals surface area contributed by atoms with Crippen LogP contribution in [0, 0.1) is 0 Å². The zero-order chi connectivity index (χ0) is 7.66. The second-order valence-corrected chi connectivity index (χ2v) is 2.36. The van der Waals surface area contributed by atoms with Crippen molar-refractivity contribution >= 4 is 6.21 Å². The fraction of sp³-hybridized carbons (Fsp3) is 0.875. The van der Waals surface area contributed by atoms with Crippen molar-refractivity contribution in [2.24, 2.45) is 5.10 Å². The normalized spacial score (nSPS) is 10.6. The van der Waals surface area contributed by atoms with Gasteiger partial charge in [0.05, 0.1) is 0 Å². The van der Waals surface area contributed by atoms with Crippen LogP contribution in [-0.4, -0.2) is 12.8 Å². The molecule has 0 aliphatic carbocycles. The van der Waals surface area contributed by atoms with Crippen molar-refractivity contribution in [1.82, 2.24) is 5.43 Å². The topological polar surface area (TPSA) is 24.4 Å². The highest BCUT2D eigenvalue weighted by Crippen LogP contribution is 1.82. The molecule has 0 aromatic heterocycles. The van der Waals surface area contributed by atoms with Crippen LogP contribution >= 0.6 is 0 Å². The lowest BCUT2D eigenvalue weighted by molar-refractivity contribution is 0.671. The lowest BCUT2D eigenvalue weighted by Crippen LogP contribution is -2.06. The summed E-state index contributed by atoms with van der Waals surface area (Å²) in [7, 11) is 0. The Balaban J connectivity index is 2.88. The summed E-state index contributed by atoms with van der Waals surface area (Å²) in [6.07, 6.45) is 6.65. The van der Waals surface area contributed by atoms with Crippen molar-refractivity contribution < 1.29 is 0 Å². The summed E-state index contributed by atoms with van der Waals surface area (Å²) in [4.78, 5) is 0. The maximum Gasteiger partial charge on any atom is 0.0329 e. The average molecular weight is 142 g/mol. The third-order valence-electron chi connectivity index (χ3n) is 1.24. The Morgan fingerprint density at radius 1 is 1.30 bits per heavy atom. The molecule has 10 heavy (non-hydrogen) atoms. The van der Waals surface area contributed by atoms with E-state index in [-0.39, 0.29) is 0 Å². The van der Waals surface area contributed by atoms with Crippen LogP contribution in [0.2, 0.25) is 0 Å². The highest BCUT2D eigenvalue weighted by molar-refractivity contribution is 5.56. The summed E-state index contributed by atoms with van der Waals surface area (Å²) < 4.78 is 0. The molecular formula is C8H18N2. The van der Waals surface area contributed by atoms with Gasteiger partial charge in [-0.3, -0.25) is 0 Å². The summed E-state index contributed by atoms with van der Waals surface area (Å²) in [6, 6.07) is 0. The molecule has 0 aliphatic heterocycles. The first-order chi connectivity index (χ1) is 4.91. The van der Waals surface area contributed by atoms with Crippen molar-refractivity contribution in [3.63, 3.8) is 0 Å². The number of hydrogen-bond acceptors (Lipinski definition) is 2. The van der Waals surface area contributed by atoms with Gasteiger partial charge in [-0.1, -0.05) is 26.7 Å². The van der Waals surface area contributed by atoms with E-state index >= 15 is 0 Å².